The SMILES string of the molecule is CNC(CCC(F)(F)F)CC(C)(C)OC. The van der Waals surface area contributed by atoms with Gasteiger partial charge >= 0.3 is 6.18 Å². The van der Waals surface area contributed by atoms with Crippen LogP contribution < -0.4 is 5.32 Å². The molecule has 0 amide bonds. The van der Waals surface area contributed by atoms with E-state index in [0.717, 1.165) is 0 Å². The molecule has 0 saturated carbocycles. The lowest BCUT2D eigenvalue weighted by Gasteiger charge is -2.28. The molecule has 0 aromatic carbocycles. The van der Waals surface area contributed by atoms with Crippen molar-refractivity contribution >= 4 is 0 Å². The van der Waals surface area contributed by atoms with Gasteiger partial charge in [-0.1, -0.05) is 0 Å². The molecule has 5 heteroatoms. The van der Waals surface area contributed by atoms with Crippen molar-refractivity contribution in [3.63, 3.8) is 0 Å². The predicted molar refractivity (Wildman–Crippen MR) is 53.8 cm³/mol. The summed E-state index contributed by atoms with van der Waals surface area (Å²) in [6.45, 7) is 3.73. The van der Waals surface area contributed by atoms with Gasteiger partial charge in [0, 0.05) is 19.6 Å². The van der Waals surface area contributed by atoms with Crippen LogP contribution in [-0.2, 0) is 4.74 Å². The Kier molecular flexibility index (Phi) is 5.59. The quantitative estimate of drug-likeness (QED) is 0.753. The minimum Gasteiger partial charge on any atom is -0.379 e. The lowest BCUT2D eigenvalue weighted by Crippen LogP contribution is -2.36. The Morgan fingerprint density at radius 3 is 2.13 bits per heavy atom. The number of alkyl halides is 3. The maximum absolute atomic E-state index is 12.0. The van der Waals surface area contributed by atoms with E-state index < -0.39 is 12.6 Å². The van der Waals surface area contributed by atoms with Gasteiger partial charge in [-0.2, -0.15) is 13.2 Å². The highest BCUT2D eigenvalue weighted by molar-refractivity contribution is 4.78. The molecule has 0 aromatic rings. The lowest BCUT2D eigenvalue weighted by molar-refractivity contribution is -0.137. The van der Waals surface area contributed by atoms with Crippen molar-refractivity contribution in [2.75, 3.05) is 14.2 Å². The van der Waals surface area contributed by atoms with Crippen molar-refractivity contribution in [1.29, 1.82) is 0 Å². The second-order valence-electron chi connectivity index (χ2n) is 4.31. The molecular weight excluding hydrogens is 207 g/mol. The molecule has 0 bridgehead atoms. The van der Waals surface area contributed by atoms with Crippen LogP contribution in [0.25, 0.3) is 0 Å². The molecule has 15 heavy (non-hydrogen) atoms. The summed E-state index contributed by atoms with van der Waals surface area (Å²) in [6.07, 6.45) is -4.17. The molecule has 0 saturated heterocycles. The normalized spacial score (nSPS) is 15.4. The van der Waals surface area contributed by atoms with E-state index in [9.17, 15) is 13.2 Å². The third-order valence-corrected chi connectivity index (χ3v) is 2.48. The first kappa shape index (κ1) is 14.7. The standard InChI is InChI=1S/C10H20F3NO/c1-9(2,15-4)7-8(14-3)5-6-10(11,12)13/h8,14H,5-7H2,1-4H3. The van der Waals surface area contributed by atoms with Gasteiger partial charge in [0.2, 0.25) is 0 Å². The van der Waals surface area contributed by atoms with Crippen LogP contribution in [0.1, 0.15) is 33.1 Å². The zero-order valence-corrected chi connectivity index (χ0v) is 9.74. The van der Waals surface area contributed by atoms with Crippen LogP contribution >= 0.6 is 0 Å². The van der Waals surface area contributed by atoms with Gasteiger partial charge in [0.1, 0.15) is 0 Å². The summed E-state index contributed by atoms with van der Waals surface area (Å²) < 4.78 is 41.2. The summed E-state index contributed by atoms with van der Waals surface area (Å²) in [4.78, 5) is 0. The molecule has 0 aromatic heterocycles. The Balaban J connectivity index is 4.04. The highest BCUT2D eigenvalue weighted by atomic mass is 19.4. The number of nitrogens with one attached hydrogen (secondary N) is 1. The summed E-state index contributed by atoms with van der Waals surface area (Å²) in [7, 11) is 3.24. The van der Waals surface area contributed by atoms with E-state index in [2.05, 4.69) is 5.32 Å². The highest BCUT2D eigenvalue weighted by Gasteiger charge is 2.30. The van der Waals surface area contributed by atoms with Crippen LogP contribution in [0.5, 0.6) is 0 Å². The Bertz CT molecular complexity index is 180. The number of hydrogen-bond donors (Lipinski definition) is 1. The molecule has 0 rings (SSSR count). The molecular formula is C10H20F3NO. The largest absolute Gasteiger partial charge is 0.389 e. The first-order chi connectivity index (χ1) is 6.70. The van der Waals surface area contributed by atoms with Gasteiger partial charge < -0.3 is 10.1 Å². The second kappa shape index (κ2) is 5.70. The van der Waals surface area contributed by atoms with Crippen molar-refractivity contribution in [2.24, 2.45) is 0 Å². The van der Waals surface area contributed by atoms with Crippen molar-refractivity contribution in [3.8, 4) is 0 Å². The van der Waals surface area contributed by atoms with Crippen LogP contribution in [-0.4, -0.2) is 32.0 Å². The average Bonchev–Trinajstić information content (AvgIpc) is 2.11. The van der Waals surface area contributed by atoms with Crippen molar-refractivity contribution in [3.05, 3.63) is 0 Å². The smallest absolute Gasteiger partial charge is 0.379 e. The number of ether oxygens (including phenoxy) is 1. The third kappa shape index (κ3) is 7.62. The first-order valence-corrected chi connectivity index (χ1v) is 4.99. The van der Waals surface area contributed by atoms with Gasteiger partial charge in [-0.25, -0.2) is 0 Å². The van der Waals surface area contributed by atoms with E-state index in [-0.39, 0.29) is 18.1 Å². The molecule has 1 atom stereocenters. The van der Waals surface area contributed by atoms with Gasteiger partial charge in [-0.05, 0) is 33.7 Å². The summed E-state index contributed by atoms with van der Waals surface area (Å²) >= 11 is 0. The summed E-state index contributed by atoms with van der Waals surface area (Å²) in [6, 6.07) is -0.165. The Morgan fingerprint density at radius 2 is 1.80 bits per heavy atom. The van der Waals surface area contributed by atoms with Crippen molar-refractivity contribution < 1.29 is 17.9 Å². The lowest BCUT2D eigenvalue weighted by atomic mass is 9.96. The van der Waals surface area contributed by atoms with E-state index in [4.69, 9.17) is 4.74 Å². The molecule has 0 spiro atoms. The van der Waals surface area contributed by atoms with Gasteiger partial charge in [0.25, 0.3) is 0 Å². The van der Waals surface area contributed by atoms with E-state index in [1.807, 2.05) is 13.8 Å². The van der Waals surface area contributed by atoms with Gasteiger partial charge in [-0.15, -0.1) is 0 Å². The van der Waals surface area contributed by atoms with E-state index >= 15 is 0 Å². The molecule has 0 radical (unpaired) electrons. The van der Waals surface area contributed by atoms with E-state index in [1.54, 1.807) is 14.2 Å². The maximum Gasteiger partial charge on any atom is 0.389 e. The van der Waals surface area contributed by atoms with Gasteiger partial charge in [0.05, 0.1) is 5.60 Å². The monoisotopic (exact) mass is 227 g/mol. The zero-order chi connectivity index (χ0) is 12.1. The van der Waals surface area contributed by atoms with Crippen LogP contribution in [0.2, 0.25) is 0 Å². The van der Waals surface area contributed by atoms with Gasteiger partial charge in [0.15, 0.2) is 0 Å². The number of halogens is 3. The van der Waals surface area contributed by atoms with Crippen LogP contribution in [0.4, 0.5) is 13.2 Å². The minimum atomic E-state index is -4.08. The highest BCUT2D eigenvalue weighted by Crippen LogP contribution is 2.25. The fourth-order valence-electron chi connectivity index (χ4n) is 1.36. The molecule has 0 aliphatic carbocycles. The summed E-state index contributed by atoms with van der Waals surface area (Å²) in [5.41, 5.74) is -0.390. The third-order valence-electron chi connectivity index (χ3n) is 2.48. The summed E-state index contributed by atoms with van der Waals surface area (Å²) in [5.74, 6) is 0. The molecule has 92 valence electrons. The maximum atomic E-state index is 12.0. The number of hydrogen-bond acceptors (Lipinski definition) is 2. The topological polar surface area (TPSA) is 21.3 Å². The predicted octanol–water partition coefficient (Wildman–Crippen LogP) is 2.73. The molecule has 0 fully saturated rings. The number of rotatable bonds is 6. The second-order valence-corrected chi connectivity index (χ2v) is 4.31. The van der Waals surface area contributed by atoms with Gasteiger partial charge in [-0.3, -0.25) is 0 Å². The fourth-order valence-corrected chi connectivity index (χ4v) is 1.36. The Labute approximate surface area is 89.2 Å². The van der Waals surface area contributed by atoms with E-state index in [0.29, 0.717) is 6.42 Å². The molecule has 1 unspecified atom stereocenters. The molecule has 2 nitrogen and oxygen atoms in total. The average molecular weight is 227 g/mol. The van der Waals surface area contributed by atoms with Crippen LogP contribution in [0.15, 0.2) is 0 Å². The van der Waals surface area contributed by atoms with E-state index in [1.165, 1.54) is 0 Å². The molecule has 1 N–H and O–H groups in total. The van der Waals surface area contributed by atoms with Crippen LogP contribution in [0.3, 0.4) is 0 Å². The fraction of sp³-hybridized carbons (Fsp3) is 1.00. The van der Waals surface area contributed by atoms with Crippen molar-refractivity contribution in [2.45, 2.75) is 50.9 Å². The molecule has 0 aliphatic rings. The summed E-state index contributed by atoms with van der Waals surface area (Å²) in [5, 5.41) is 2.89. The minimum absolute atomic E-state index is 0.0901. The first-order valence-electron chi connectivity index (χ1n) is 4.99. The molecule has 0 aliphatic heterocycles. The zero-order valence-electron chi connectivity index (χ0n) is 9.74. The molecule has 0 heterocycles. The Morgan fingerprint density at radius 1 is 1.27 bits per heavy atom. The van der Waals surface area contributed by atoms with Crippen molar-refractivity contribution in [1.82, 2.24) is 5.32 Å². The number of methoxy groups -OCH3 is 1. The van der Waals surface area contributed by atoms with Crippen LogP contribution in [0, 0.1) is 0 Å². The Hall–Kier alpha value is -0.290.